The minimum Gasteiger partial charge on any atom is -0.475 e. The topological polar surface area (TPSA) is 70.8 Å². The molecule has 1 aromatic rings. The average Bonchev–Trinajstić information content (AvgIpc) is 2.78. The van der Waals surface area contributed by atoms with Gasteiger partial charge in [0, 0.05) is 25.9 Å². The number of hydrogen-bond donors (Lipinski definition) is 1. The Hall–Kier alpha value is -1.78. The van der Waals surface area contributed by atoms with Crippen molar-refractivity contribution in [1.29, 1.82) is 0 Å². The number of nitrogens with zero attached hydrogens (tertiary/aromatic N) is 1. The number of likely N-dealkylation sites (tertiary alicyclic amines) is 1. The Bertz CT molecular complexity index is 429. The number of carbonyl (C=O) groups is 2. The molecule has 0 atom stereocenters. The molecule has 0 unspecified atom stereocenters. The normalized spacial score (nSPS) is 17.1. The number of carbonyl (C=O) groups excluding carboxylic acids is 1. The van der Waals surface area contributed by atoms with Crippen LogP contribution in [0.3, 0.4) is 0 Å². The smallest absolute Gasteiger partial charge is 0.371 e. The third-order valence-corrected chi connectivity index (χ3v) is 3.18. The first-order valence-corrected chi connectivity index (χ1v) is 5.66. The molecule has 1 aliphatic heterocycles. The molecule has 1 saturated heterocycles. The van der Waals surface area contributed by atoms with E-state index in [0.717, 1.165) is 12.8 Å². The predicted molar refractivity (Wildman–Crippen MR) is 59.9 cm³/mol. The molecule has 2 rings (SSSR count). The Morgan fingerprint density at radius 1 is 1.35 bits per heavy atom. The number of amides is 1. The fourth-order valence-corrected chi connectivity index (χ4v) is 2.17. The van der Waals surface area contributed by atoms with Crippen molar-refractivity contribution in [2.24, 2.45) is 0 Å². The average molecular weight is 237 g/mol. The van der Waals surface area contributed by atoms with Crippen LogP contribution in [0, 0.1) is 0 Å². The lowest BCUT2D eigenvalue weighted by Gasteiger charge is -2.30. The highest BCUT2D eigenvalue weighted by atomic mass is 16.4. The number of piperidine rings is 1. The third kappa shape index (κ3) is 2.49. The van der Waals surface area contributed by atoms with E-state index < -0.39 is 5.97 Å². The molecule has 1 aliphatic rings. The van der Waals surface area contributed by atoms with Crippen molar-refractivity contribution < 1.29 is 19.1 Å². The van der Waals surface area contributed by atoms with Gasteiger partial charge in [-0.2, -0.15) is 0 Å². The van der Waals surface area contributed by atoms with Gasteiger partial charge in [-0.25, -0.2) is 4.79 Å². The van der Waals surface area contributed by atoms with Crippen LogP contribution in [-0.2, 0) is 4.79 Å². The summed E-state index contributed by atoms with van der Waals surface area (Å²) in [6.45, 7) is 2.99. The molecule has 2 heterocycles. The fraction of sp³-hybridized carbons (Fsp3) is 0.500. The highest BCUT2D eigenvalue weighted by molar-refractivity contribution is 5.84. The summed E-state index contributed by atoms with van der Waals surface area (Å²) >= 11 is 0. The van der Waals surface area contributed by atoms with Gasteiger partial charge in [-0.1, -0.05) is 0 Å². The van der Waals surface area contributed by atoms with Gasteiger partial charge >= 0.3 is 5.97 Å². The molecule has 1 N–H and O–H groups in total. The van der Waals surface area contributed by atoms with Crippen molar-refractivity contribution in [3.8, 4) is 0 Å². The van der Waals surface area contributed by atoms with E-state index in [9.17, 15) is 9.59 Å². The molecule has 0 aromatic carbocycles. The summed E-state index contributed by atoms with van der Waals surface area (Å²) in [5.74, 6) is -0.0372. The van der Waals surface area contributed by atoms with Crippen molar-refractivity contribution in [2.45, 2.75) is 25.7 Å². The molecule has 92 valence electrons. The number of furan rings is 1. The number of hydrogen-bond acceptors (Lipinski definition) is 3. The Labute approximate surface area is 99.0 Å². The number of aromatic carboxylic acids is 1. The lowest BCUT2D eigenvalue weighted by atomic mass is 9.94. The van der Waals surface area contributed by atoms with E-state index in [1.165, 1.54) is 6.07 Å². The largest absolute Gasteiger partial charge is 0.475 e. The van der Waals surface area contributed by atoms with E-state index in [2.05, 4.69) is 0 Å². The van der Waals surface area contributed by atoms with Gasteiger partial charge in [-0.3, -0.25) is 4.79 Å². The second-order valence-corrected chi connectivity index (χ2v) is 4.29. The van der Waals surface area contributed by atoms with Gasteiger partial charge in [0.2, 0.25) is 11.7 Å². The zero-order valence-electron chi connectivity index (χ0n) is 9.68. The Morgan fingerprint density at radius 3 is 2.47 bits per heavy atom. The number of carboxylic acids is 1. The van der Waals surface area contributed by atoms with Crippen molar-refractivity contribution >= 4 is 11.9 Å². The Morgan fingerprint density at radius 2 is 2.00 bits per heavy atom. The van der Waals surface area contributed by atoms with Crippen molar-refractivity contribution in [1.82, 2.24) is 4.90 Å². The van der Waals surface area contributed by atoms with Crippen LogP contribution < -0.4 is 0 Å². The van der Waals surface area contributed by atoms with Crippen molar-refractivity contribution in [2.75, 3.05) is 13.1 Å². The molecular weight excluding hydrogens is 222 g/mol. The summed E-state index contributed by atoms with van der Waals surface area (Å²) in [5.41, 5.74) is 0. The first-order chi connectivity index (χ1) is 8.08. The minimum absolute atomic E-state index is 0.0194. The number of carboxylic acid groups (broad SMARTS) is 1. The van der Waals surface area contributed by atoms with E-state index >= 15 is 0 Å². The second-order valence-electron chi connectivity index (χ2n) is 4.29. The van der Waals surface area contributed by atoms with Crippen LogP contribution >= 0.6 is 0 Å². The quantitative estimate of drug-likeness (QED) is 0.849. The maximum absolute atomic E-state index is 11.2. The van der Waals surface area contributed by atoms with Crippen LogP contribution in [0.5, 0.6) is 0 Å². The van der Waals surface area contributed by atoms with Crippen LogP contribution in [0.2, 0.25) is 0 Å². The lowest BCUT2D eigenvalue weighted by molar-refractivity contribution is -0.129. The number of rotatable bonds is 2. The summed E-state index contributed by atoms with van der Waals surface area (Å²) in [6.07, 6.45) is 1.65. The zero-order valence-corrected chi connectivity index (χ0v) is 9.68. The van der Waals surface area contributed by atoms with Gasteiger partial charge in [0.05, 0.1) is 0 Å². The van der Waals surface area contributed by atoms with E-state index in [0.29, 0.717) is 18.8 Å². The standard InChI is InChI=1S/C12H15NO4/c1-8(14)13-6-4-9(5-7-13)10-2-3-11(17-10)12(15)16/h2-3,9H,4-7H2,1H3,(H,15,16). The zero-order chi connectivity index (χ0) is 12.4. The minimum atomic E-state index is -1.04. The Kier molecular flexibility index (Phi) is 3.17. The summed E-state index contributed by atoms with van der Waals surface area (Å²) in [4.78, 5) is 23.7. The van der Waals surface area contributed by atoms with E-state index in [-0.39, 0.29) is 17.6 Å². The summed E-state index contributed by atoms with van der Waals surface area (Å²) in [7, 11) is 0. The van der Waals surface area contributed by atoms with E-state index in [1.54, 1.807) is 17.9 Å². The predicted octanol–water partition coefficient (Wildman–Crippen LogP) is 1.70. The van der Waals surface area contributed by atoms with Crippen LogP contribution in [-0.4, -0.2) is 35.0 Å². The molecule has 0 saturated carbocycles. The molecule has 1 amide bonds. The highest BCUT2D eigenvalue weighted by Crippen LogP contribution is 2.29. The van der Waals surface area contributed by atoms with Crippen LogP contribution in [0.1, 0.15) is 42.0 Å². The van der Waals surface area contributed by atoms with Crippen LogP contribution in [0.15, 0.2) is 16.5 Å². The van der Waals surface area contributed by atoms with Gasteiger partial charge in [-0.15, -0.1) is 0 Å². The van der Waals surface area contributed by atoms with E-state index in [1.807, 2.05) is 0 Å². The summed E-state index contributed by atoms with van der Waals surface area (Å²) in [5, 5.41) is 8.76. The van der Waals surface area contributed by atoms with Crippen molar-refractivity contribution in [3.05, 3.63) is 23.7 Å². The Balaban J connectivity index is 2.00. The van der Waals surface area contributed by atoms with Crippen molar-refractivity contribution in [3.63, 3.8) is 0 Å². The van der Waals surface area contributed by atoms with Crippen LogP contribution in [0.4, 0.5) is 0 Å². The molecule has 1 fully saturated rings. The van der Waals surface area contributed by atoms with Gasteiger partial charge in [0.15, 0.2) is 0 Å². The molecule has 0 aliphatic carbocycles. The molecule has 5 nitrogen and oxygen atoms in total. The maximum Gasteiger partial charge on any atom is 0.371 e. The second kappa shape index (κ2) is 4.61. The summed E-state index contributed by atoms with van der Waals surface area (Å²) < 4.78 is 5.28. The summed E-state index contributed by atoms with van der Waals surface area (Å²) in [6, 6.07) is 3.20. The van der Waals surface area contributed by atoms with Gasteiger partial charge in [-0.05, 0) is 25.0 Å². The monoisotopic (exact) mass is 237 g/mol. The fourth-order valence-electron chi connectivity index (χ4n) is 2.17. The molecule has 5 heteroatoms. The maximum atomic E-state index is 11.2. The molecule has 0 radical (unpaired) electrons. The first kappa shape index (κ1) is 11.7. The third-order valence-electron chi connectivity index (χ3n) is 3.18. The van der Waals surface area contributed by atoms with Gasteiger partial charge < -0.3 is 14.4 Å². The molecule has 1 aromatic heterocycles. The lowest BCUT2D eigenvalue weighted by Crippen LogP contribution is -2.36. The highest BCUT2D eigenvalue weighted by Gasteiger charge is 2.24. The first-order valence-electron chi connectivity index (χ1n) is 5.66. The van der Waals surface area contributed by atoms with Gasteiger partial charge in [0.25, 0.3) is 0 Å². The molecule has 0 bridgehead atoms. The van der Waals surface area contributed by atoms with E-state index in [4.69, 9.17) is 9.52 Å². The van der Waals surface area contributed by atoms with Gasteiger partial charge in [0.1, 0.15) is 5.76 Å². The molecular formula is C12H15NO4. The molecule has 0 spiro atoms. The SMILES string of the molecule is CC(=O)N1CCC(c2ccc(C(=O)O)o2)CC1. The molecule has 17 heavy (non-hydrogen) atoms. The van der Waals surface area contributed by atoms with Crippen LogP contribution in [0.25, 0.3) is 0 Å².